The summed E-state index contributed by atoms with van der Waals surface area (Å²) in [6, 6.07) is 8.08. The lowest BCUT2D eigenvalue weighted by Gasteiger charge is -2.15. The summed E-state index contributed by atoms with van der Waals surface area (Å²) in [6.07, 6.45) is 3.66. The van der Waals surface area contributed by atoms with Gasteiger partial charge in [-0.2, -0.15) is 0 Å². The second-order valence-electron chi connectivity index (χ2n) is 3.04. The second kappa shape index (κ2) is 4.67. The molecule has 0 aliphatic rings. The monoisotopic (exact) mass is 177 g/mol. The number of aliphatic hydroxyl groups excluding tert-OH is 1. The molecule has 70 valence electrons. The van der Waals surface area contributed by atoms with Crippen molar-refractivity contribution in [1.29, 1.82) is 0 Å². The Labute approximate surface area is 79.1 Å². The number of hydrogen-bond acceptors (Lipinski definition) is 2. The zero-order valence-electron chi connectivity index (χ0n) is 8.07. The van der Waals surface area contributed by atoms with E-state index in [1.54, 1.807) is 6.08 Å². The van der Waals surface area contributed by atoms with Gasteiger partial charge in [0.1, 0.15) is 0 Å². The number of aliphatic hydroxyl groups is 1. The third kappa shape index (κ3) is 2.60. The number of anilines is 1. The fraction of sp³-hybridized carbons (Fsp3) is 0.273. The Bertz CT molecular complexity index is 292. The molecule has 0 aliphatic heterocycles. The Hall–Kier alpha value is -1.28. The lowest BCUT2D eigenvalue weighted by atomic mass is 10.1. The first kappa shape index (κ1) is 9.81. The van der Waals surface area contributed by atoms with Gasteiger partial charge in [-0.3, -0.25) is 0 Å². The minimum Gasteiger partial charge on any atom is -0.392 e. The SMILES string of the molecule is CN(C)c1ccccc1/C=C/CO. The first-order chi connectivity index (χ1) is 6.25. The summed E-state index contributed by atoms with van der Waals surface area (Å²) in [5, 5.41) is 8.66. The van der Waals surface area contributed by atoms with Gasteiger partial charge in [0.05, 0.1) is 6.61 Å². The maximum absolute atomic E-state index is 8.66. The van der Waals surface area contributed by atoms with Crippen LogP contribution in [0.25, 0.3) is 6.08 Å². The van der Waals surface area contributed by atoms with Crippen molar-refractivity contribution < 1.29 is 5.11 Å². The van der Waals surface area contributed by atoms with Gasteiger partial charge in [0.2, 0.25) is 0 Å². The van der Waals surface area contributed by atoms with Crippen molar-refractivity contribution in [1.82, 2.24) is 0 Å². The molecule has 0 unspecified atom stereocenters. The van der Waals surface area contributed by atoms with Gasteiger partial charge in [0.25, 0.3) is 0 Å². The van der Waals surface area contributed by atoms with Crippen LogP contribution >= 0.6 is 0 Å². The van der Waals surface area contributed by atoms with Crippen molar-refractivity contribution >= 4 is 11.8 Å². The van der Waals surface area contributed by atoms with E-state index in [0.29, 0.717) is 0 Å². The van der Waals surface area contributed by atoms with Crippen LogP contribution in [-0.2, 0) is 0 Å². The van der Waals surface area contributed by atoms with E-state index in [0.717, 1.165) is 11.3 Å². The third-order valence-corrected chi connectivity index (χ3v) is 1.82. The van der Waals surface area contributed by atoms with Gasteiger partial charge in [0, 0.05) is 19.8 Å². The van der Waals surface area contributed by atoms with Crippen LogP contribution in [0.3, 0.4) is 0 Å². The molecule has 2 nitrogen and oxygen atoms in total. The van der Waals surface area contributed by atoms with Crippen molar-refractivity contribution in [3.05, 3.63) is 35.9 Å². The average Bonchev–Trinajstić information content (AvgIpc) is 2.15. The molecule has 0 aromatic heterocycles. The maximum Gasteiger partial charge on any atom is 0.0615 e. The Morgan fingerprint density at radius 3 is 2.62 bits per heavy atom. The number of nitrogens with zero attached hydrogens (tertiary/aromatic N) is 1. The Kier molecular flexibility index (Phi) is 3.53. The molecule has 1 rings (SSSR count). The van der Waals surface area contributed by atoms with Crippen LogP contribution in [0.5, 0.6) is 0 Å². The van der Waals surface area contributed by atoms with Gasteiger partial charge >= 0.3 is 0 Å². The molecular weight excluding hydrogens is 162 g/mol. The number of hydrogen-bond donors (Lipinski definition) is 1. The lowest BCUT2D eigenvalue weighted by molar-refractivity contribution is 0.343. The van der Waals surface area contributed by atoms with Crippen molar-refractivity contribution in [3.63, 3.8) is 0 Å². The van der Waals surface area contributed by atoms with Gasteiger partial charge in [-0.25, -0.2) is 0 Å². The molecule has 0 fully saturated rings. The van der Waals surface area contributed by atoms with Crippen molar-refractivity contribution in [2.24, 2.45) is 0 Å². The predicted molar refractivity (Wildman–Crippen MR) is 56.9 cm³/mol. The zero-order valence-corrected chi connectivity index (χ0v) is 8.07. The van der Waals surface area contributed by atoms with E-state index in [9.17, 15) is 0 Å². The highest BCUT2D eigenvalue weighted by atomic mass is 16.2. The molecular formula is C11H15NO. The molecule has 1 aromatic carbocycles. The summed E-state index contributed by atoms with van der Waals surface area (Å²) < 4.78 is 0. The van der Waals surface area contributed by atoms with Crippen LogP contribution in [0.1, 0.15) is 5.56 Å². The van der Waals surface area contributed by atoms with E-state index in [4.69, 9.17) is 5.11 Å². The Morgan fingerprint density at radius 2 is 2.00 bits per heavy atom. The third-order valence-electron chi connectivity index (χ3n) is 1.82. The molecule has 1 aromatic rings. The molecule has 1 N–H and O–H groups in total. The maximum atomic E-state index is 8.66. The summed E-state index contributed by atoms with van der Waals surface area (Å²) >= 11 is 0. The van der Waals surface area contributed by atoms with Crippen molar-refractivity contribution in [2.45, 2.75) is 0 Å². The minimum absolute atomic E-state index is 0.0851. The molecule has 0 bridgehead atoms. The van der Waals surface area contributed by atoms with Gasteiger partial charge in [-0.15, -0.1) is 0 Å². The van der Waals surface area contributed by atoms with E-state index in [1.165, 1.54) is 0 Å². The summed E-state index contributed by atoms with van der Waals surface area (Å²) in [7, 11) is 4.01. The molecule has 0 heterocycles. The van der Waals surface area contributed by atoms with E-state index in [2.05, 4.69) is 11.0 Å². The number of benzene rings is 1. The van der Waals surface area contributed by atoms with Crippen LogP contribution in [0.4, 0.5) is 5.69 Å². The molecule has 0 aliphatic carbocycles. The van der Waals surface area contributed by atoms with Gasteiger partial charge in [-0.05, 0) is 11.6 Å². The highest BCUT2D eigenvalue weighted by Crippen LogP contribution is 2.18. The Balaban J connectivity index is 2.97. The Morgan fingerprint density at radius 1 is 1.31 bits per heavy atom. The number of para-hydroxylation sites is 1. The highest BCUT2D eigenvalue weighted by Gasteiger charge is 1.98. The summed E-state index contributed by atoms with van der Waals surface area (Å²) in [6.45, 7) is 0.0851. The summed E-state index contributed by atoms with van der Waals surface area (Å²) in [5.74, 6) is 0. The van der Waals surface area contributed by atoms with Crippen LogP contribution in [0.15, 0.2) is 30.3 Å². The molecule has 0 saturated heterocycles. The fourth-order valence-corrected chi connectivity index (χ4v) is 1.22. The molecule has 0 saturated carbocycles. The highest BCUT2D eigenvalue weighted by molar-refractivity contribution is 5.67. The van der Waals surface area contributed by atoms with Crippen molar-refractivity contribution in [2.75, 3.05) is 25.6 Å². The van der Waals surface area contributed by atoms with E-state index < -0.39 is 0 Å². The fourth-order valence-electron chi connectivity index (χ4n) is 1.22. The average molecular weight is 177 g/mol. The van der Waals surface area contributed by atoms with Crippen LogP contribution in [-0.4, -0.2) is 25.8 Å². The van der Waals surface area contributed by atoms with E-state index in [1.807, 2.05) is 38.4 Å². The largest absolute Gasteiger partial charge is 0.392 e. The summed E-state index contributed by atoms with van der Waals surface area (Å²) in [4.78, 5) is 2.05. The van der Waals surface area contributed by atoms with Crippen LogP contribution in [0.2, 0.25) is 0 Å². The van der Waals surface area contributed by atoms with Crippen molar-refractivity contribution in [3.8, 4) is 0 Å². The predicted octanol–water partition coefficient (Wildman–Crippen LogP) is 1.76. The van der Waals surface area contributed by atoms with E-state index >= 15 is 0 Å². The standard InChI is InChI=1S/C11H15NO/c1-12(2)11-8-4-3-6-10(11)7-5-9-13/h3-8,13H,9H2,1-2H3/b7-5+. The molecule has 0 radical (unpaired) electrons. The molecule has 2 heteroatoms. The zero-order chi connectivity index (χ0) is 9.68. The lowest BCUT2D eigenvalue weighted by Crippen LogP contribution is -2.09. The van der Waals surface area contributed by atoms with Gasteiger partial charge in [0.15, 0.2) is 0 Å². The van der Waals surface area contributed by atoms with Gasteiger partial charge in [-0.1, -0.05) is 30.4 Å². The minimum atomic E-state index is 0.0851. The number of rotatable bonds is 3. The quantitative estimate of drug-likeness (QED) is 0.760. The van der Waals surface area contributed by atoms with Gasteiger partial charge < -0.3 is 10.0 Å². The smallest absolute Gasteiger partial charge is 0.0615 e. The van der Waals surface area contributed by atoms with Crippen LogP contribution < -0.4 is 4.90 Å². The first-order valence-corrected chi connectivity index (χ1v) is 4.29. The summed E-state index contributed by atoms with van der Waals surface area (Å²) in [5.41, 5.74) is 2.29. The van der Waals surface area contributed by atoms with Crippen LogP contribution in [0, 0.1) is 0 Å². The molecule has 0 spiro atoms. The molecule has 0 amide bonds. The molecule has 13 heavy (non-hydrogen) atoms. The normalized spacial score (nSPS) is 10.7. The topological polar surface area (TPSA) is 23.5 Å². The molecule has 0 atom stereocenters. The second-order valence-corrected chi connectivity index (χ2v) is 3.04. The first-order valence-electron chi connectivity index (χ1n) is 4.29. The van der Waals surface area contributed by atoms with E-state index in [-0.39, 0.29) is 6.61 Å².